The number of fused-ring (bicyclic) bond motifs is 1. The largest absolute Gasteiger partial charge is 0.491 e. The third-order valence-corrected chi connectivity index (χ3v) is 4.84. The molecule has 0 aliphatic carbocycles. The number of carbonyl (C=O) groups excluding carboxylic acids is 1. The van der Waals surface area contributed by atoms with Gasteiger partial charge in [0.25, 0.3) is 0 Å². The zero-order valence-electron chi connectivity index (χ0n) is 15.3. The van der Waals surface area contributed by atoms with Gasteiger partial charge in [0.1, 0.15) is 18.5 Å². The van der Waals surface area contributed by atoms with Crippen molar-refractivity contribution in [2.75, 3.05) is 32.8 Å². The Morgan fingerprint density at radius 3 is 2.65 bits per heavy atom. The molecule has 140 valence electrons. The zero-order chi connectivity index (χ0) is 18.4. The van der Waals surface area contributed by atoms with E-state index in [1.54, 1.807) is 0 Å². The molecule has 0 spiro atoms. The molecule has 1 fully saturated rings. The van der Waals surface area contributed by atoms with Crippen molar-refractivity contribution >= 4 is 16.7 Å². The minimum absolute atomic E-state index is 0.00260. The second-order valence-electron chi connectivity index (χ2n) is 6.80. The van der Waals surface area contributed by atoms with Gasteiger partial charge < -0.3 is 19.5 Å². The molecule has 1 N–H and O–H groups in total. The van der Waals surface area contributed by atoms with Crippen LogP contribution in [0.3, 0.4) is 0 Å². The number of ether oxygens (including phenoxy) is 2. The lowest BCUT2D eigenvalue weighted by Crippen LogP contribution is -2.42. The summed E-state index contributed by atoms with van der Waals surface area (Å²) in [6.07, 6.45) is 1.02. The van der Waals surface area contributed by atoms with E-state index in [-0.39, 0.29) is 18.5 Å². The second-order valence-corrected chi connectivity index (χ2v) is 6.80. The number of esters is 1. The van der Waals surface area contributed by atoms with E-state index in [4.69, 9.17) is 9.47 Å². The van der Waals surface area contributed by atoms with E-state index in [1.807, 2.05) is 43.3 Å². The molecule has 1 atom stereocenters. The normalized spacial score (nSPS) is 17.2. The molecule has 2 aromatic rings. The Bertz CT molecular complexity index is 725. The zero-order valence-corrected chi connectivity index (χ0v) is 15.3. The molecular formula is C21H27NO4. The molecule has 3 rings (SSSR count). The summed E-state index contributed by atoms with van der Waals surface area (Å²) in [4.78, 5) is 14.0. The average Bonchev–Trinajstić information content (AvgIpc) is 2.67. The summed E-state index contributed by atoms with van der Waals surface area (Å²) in [6.45, 7) is 4.69. The first-order valence-corrected chi connectivity index (χ1v) is 9.34. The average molecular weight is 357 g/mol. The lowest BCUT2D eigenvalue weighted by atomic mass is 9.97. The van der Waals surface area contributed by atoms with Crippen molar-refractivity contribution in [1.82, 2.24) is 4.90 Å². The number of hydrogen-bond acceptors (Lipinski definition) is 5. The first-order chi connectivity index (χ1) is 12.7. The van der Waals surface area contributed by atoms with Gasteiger partial charge in [-0.3, -0.25) is 4.79 Å². The van der Waals surface area contributed by atoms with Crippen LogP contribution in [0.1, 0.15) is 19.8 Å². The lowest BCUT2D eigenvalue weighted by molar-refractivity contribution is -0.149. The monoisotopic (exact) mass is 357 g/mol. The molecular weight excluding hydrogens is 330 g/mol. The fourth-order valence-corrected chi connectivity index (χ4v) is 3.41. The van der Waals surface area contributed by atoms with Gasteiger partial charge in [-0.25, -0.2) is 0 Å². The number of piperidine rings is 1. The van der Waals surface area contributed by atoms with Gasteiger partial charge in [0.15, 0.2) is 0 Å². The Morgan fingerprint density at radius 1 is 1.19 bits per heavy atom. The minimum Gasteiger partial charge on any atom is -0.491 e. The molecule has 0 bridgehead atoms. The molecule has 1 aliphatic heterocycles. The van der Waals surface area contributed by atoms with Gasteiger partial charge >= 0.3 is 5.97 Å². The highest BCUT2D eigenvalue weighted by Crippen LogP contribution is 2.21. The molecule has 0 unspecified atom stereocenters. The van der Waals surface area contributed by atoms with E-state index >= 15 is 0 Å². The molecule has 5 heteroatoms. The number of benzene rings is 2. The molecule has 5 nitrogen and oxygen atoms in total. The first kappa shape index (κ1) is 18.7. The molecule has 0 aromatic heterocycles. The third-order valence-electron chi connectivity index (χ3n) is 4.84. The van der Waals surface area contributed by atoms with Crippen LogP contribution in [-0.2, 0) is 9.53 Å². The van der Waals surface area contributed by atoms with Crippen molar-refractivity contribution < 1.29 is 19.4 Å². The number of aliphatic hydroxyl groups excluding tert-OH is 1. The van der Waals surface area contributed by atoms with Gasteiger partial charge in [-0.1, -0.05) is 30.3 Å². The Kier molecular flexibility index (Phi) is 6.47. The van der Waals surface area contributed by atoms with Crippen LogP contribution in [0.4, 0.5) is 0 Å². The topological polar surface area (TPSA) is 59.0 Å². The highest BCUT2D eigenvalue weighted by molar-refractivity contribution is 5.83. The number of β-amino-alcohol motifs (C(OH)–C–C–N with tert-alkyl or cyclic N) is 1. The summed E-state index contributed by atoms with van der Waals surface area (Å²) in [7, 11) is 0. The number of hydrogen-bond donors (Lipinski definition) is 1. The van der Waals surface area contributed by atoms with Crippen molar-refractivity contribution in [2.24, 2.45) is 5.92 Å². The van der Waals surface area contributed by atoms with Crippen molar-refractivity contribution in [3.8, 4) is 5.75 Å². The summed E-state index contributed by atoms with van der Waals surface area (Å²) < 4.78 is 10.8. The Morgan fingerprint density at radius 2 is 1.92 bits per heavy atom. The number of carbonyl (C=O) groups is 1. The van der Waals surface area contributed by atoms with Gasteiger partial charge in [-0.2, -0.15) is 0 Å². The molecule has 0 amide bonds. The van der Waals surface area contributed by atoms with E-state index in [2.05, 4.69) is 11.0 Å². The van der Waals surface area contributed by atoms with Crippen LogP contribution in [0.15, 0.2) is 42.5 Å². The molecule has 0 saturated carbocycles. The highest BCUT2D eigenvalue weighted by atomic mass is 16.5. The molecule has 1 heterocycles. The van der Waals surface area contributed by atoms with Crippen molar-refractivity contribution in [3.63, 3.8) is 0 Å². The smallest absolute Gasteiger partial charge is 0.309 e. The molecule has 1 aliphatic rings. The number of nitrogens with zero attached hydrogens (tertiary/aromatic N) is 1. The summed E-state index contributed by atoms with van der Waals surface area (Å²) in [5.41, 5.74) is 0. The van der Waals surface area contributed by atoms with Crippen LogP contribution >= 0.6 is 0 Å². The fourth-order valence-electron chi connectivity index (χ4n) is 3.41. The first-order valence-electron chi connectivity index (χ1n) is 9.34. The highest BCUT2D eigenvalue weighted by Gasteiger charge is 2.26. The Hall–Kier alpha value is -2.11. The number of rotatable bonds is 7. The Balaban J connectivity index is 1.43. The molecule has 2 aromatic carbocycles. The van der Waals surface area contributed by atoms with Crippen LogP contribution in [0.25, 0.3) is 10.8 Å². The van der Waals surface area contributed by atoms with Gasteiger partial charge in [0, 0.05) is 6.54 Å². The van der Waals surface area contributed by atoms with E-state index in [9.17, 15) is 9.90 Å². The fraction of sp³-hybridized carbons (Fsp3) is 0.476. The van der Waals surface area contributed by atoms with Crippen molar-refractivity contribution in [1.29, 1.82) is 0 Å². The van der Waals surface area contributed by atoms with E-state index in [1.165, 1.54) is 5.39 Å². The van der Waals surface area contributed by atoms with Gasteiger partial charge in [-0.15, -0.1) is 0 Å². The SMILES string of the molecule is CCOC(=O)C1CCN(C[C@H](O)COc2ccc3ccccc3c2)CC1. The third kappa shape index (κ3) is 4.96. The summed E-state index contributed by atoms with van der Waals surface area (Å²) in [5, 5.41) is 12.6. The summed E-state index contributed by atoms with van der Waals surface area (Å²) in [5.74, 6) is 0.674. The molecule has 1 saturated heterocycles. The quantitative estimate of drug-likeness (QED) is 0.772. The van der Waals surface area contributed by atoms with E-state index < -0.39 is 6.10 Å². The van der Waals surface area contributed by atoms with E-state index in [0.29, 0.717) is 13.2 Å². The maximum absolute atomic E-state index is 11.8. The number of likely N-dealkylation sites (tertiary alicyclic amines) is 1. The van der Waals surface area contributed by atoms with Gasteiger partial charge in [-0.05, 0) is 55.8 Å². The maximum atomic E-state index is 11.8. The van der Waals surface area contributed by atoms with Crippen LogP contribution < -0.4 is 4.74 Å². The lowest BCUT2D eigenvalue weighted by Gasteiger charge is -2.32. The predicted octanol–water partition coefficient (Wildman–Crippen LogP) is 2.85. The van der Waals surface area contributed by atoms with Crippen LogP contribution in [-0.4, -0.2) is 54.9 Å². The van der Waals surface area contributed by atoms with Gasteiger partial charge in [0.2, 0.25) is 0 Å². The van der Waals surface area contributed by atoms with Crippen molar-refractivity contribution in [3.05, 3.63) is 42.5 Å². The van der Waals surface area contributed by atoms with Crippen LogP contribution in [0, 0.1) is 5.92 Å². The standard InChI is InChI=1S/C21H27NO4/c1-2-25-21(24)17-9-11-22(12-10-17)14-19(23)15-26-20-8-7-16-5-3-4-6-18(16)13-20/h3-8,13,17,19,23H,2,9-12,14-15H2,1H3/t19-/m0/s1. The summed E-state index contributed by atoms with van der Waals surface area (Å²) in [6, 6.07) is 14.1. The van der Waals surface area contributed by atoms with Gasteiger partial charge in [0.05, 0.1) is 12.5 Å². The number of aliphatic hydroxyl groups is 1. The van der Waals surface area contributed by atoms with Crippen LogP contribution in [0.2, 0.25) is 0 Å². The molecule has 26 heavy (non-hydrogen) atoms. The van der Waals surface area contributed by atoms with Crippen LogP contribution in [0.5, 0.6) is 5.75 Å². The predicted molar refractivity (Wildman–Crippen MR) is 101 cm³/mol. The minimum atomic E-state index is -0.555. The second kappa shape index (κ2) is 9.01. The Labute approximate surface area is 154 Å². The molecule has 0 radical (unpaired) electrons. The summed E-state index contributed by atoms with van der Waals surface area (Å²) >= 11 is 0. The maximum Gasteiger partial charge on any atom is 0.309 e. The van der Waals surface area contributed by atoms with Crippen molar-refractivity contribution in [2.45, 2.75) is 25.9 Å². The van der Waals surface area contributed by atoms with E-state index in [0.717, 1.165) is 37.1 Å².